The van der Waals surface area contributed by atoms with Gasteiger partial charge in [0.25, 0.3) is 0 Å². The van der Waals surface area contributed by atoms with Crippen LogP contribution in [0.1, 0.15) is 44.8 Å². The maximum Gasteiger partial charge on any atom is 0.216 e. The monoisotopic (exact) mass is 383 g/mol. The van der Waals surface area contributed by atoms with Crippen LogP contribution in [0.2, 0.25) is 0 Å². The summed E-state index contributed by atoms with van der Waals surface area (Å²) in [5.74, 6) is 2.41. The Morgan fingerprint density at radius 2 is 2.04 bits per heavy atom. The van der Waals surface area contributed by atoms with E-state index in [1.54, 1.807) is 0 Å². The molecular weight excluding hydrogens is 354 g/mol. The molecule has 2 fully saturated rings. The van der Waals surface area contributed by atoms with Crippen molar-refractivity contribution in [3.8, 4) is 0 Å². The van der Waals surface area contributed by atoms with Crippen molar-refractivity contribution in [2.75, 3.05) is 13.1 Å². The van der Waals surface area contributed by atoms with Gasteiger partial charge in [-0.3, -0.25) is 0 Å². The fourth-order valence-electron chi connectivity index (χ4n) is 2.98. The first-order chi connectivity index (χ1) is 12.3. The zero-order chi connectivity index (χ0) is 18.9. The predicted octanol–water partition coefficient (Wildman–Crippen LogP) is 0.134. The van der Waals surface area contributed by atoms with Crippen molar-refractivity contribution < 1.29 is 8.42 Å². The van der Waals surface area contributed by atoms with Crippen LogP contribution in [0.4, 0.5) is 0 Å². The second kappa shape index (κ2) is 7.51. The third kappa shape index (κ3) is 4.53. The first-order valence-corrected chi connectivity index (χ1v) is 10.7. The van der Waals surface area contributed by atoms with Gasteiger partial charge in [-0.1, -0.05) is 0 Å². The molecule has 0 radical (unpaired) electrons. The van der Waals surface area contributed by atoms with E-state index in [4.69, 9.17) is 4.99 Å². The fraction of sp³-hybridized carbons (Fsp3) is 0.812. The number of nitrogens with zero attached hydrogens (tertiary/aromatic N) is 5. The van der Waals surface area contributed by atoms with Gasteiger partial charge in [-0.25, -0.2) is 18.1 Å². The number of aryl methyl sites for hydroxylation is 1. The summed E-state index contributed by atoms with van der Waals surface area (Å²) in [6.07, 6.45) is 2.87. The molecule has 3 rings (SSSR count). The lowest BCUT2D eigenvalue weighted by atomic mass is 10.4. The van der Waals surface area contributed by atoms with Gasteiger partial charge >= 0.3 is 0 Å². The summed E-state index contributed by atoms with van der Waals surface area (Å²) in [6.45, 7) is 7.15. The molecule has 1 aliphatic heterocycles. The molecule has 146 valence electrons. The molecule has 2 N–H and O–H groups in total. The summed E-state index contributed by atoms with van der Waals surface area (Å²) < 4.78 is 29.5. The van der Waals surface area contributed by atoms with Gasteiger partial charge in [0.2, 0.25) is 10.0 Å². The van der Waals surface area contributed by atoms with Crippen LogP contribution >= 0.6 is 0 Å². The van der Waals surface area contributed by atoms with Crippen molar-refractivity contribution in [3.63, 3.8) is 0 Å². The van der Waals surface area contributed by atoms with Crippen molar-refractivity contribution in [1.29, 1.82) is 0 Å². The van der Waals surface area contributed by atoms with Crippen LogP contribution in [0.25, 0.3) is 0 Å². The van der Waals surface area contributed by atoms with Crippen LogP contribution in [-0.4, -0.2) is 64.5 Å². The van der Waals surface area contributed by atoms with E-state index in [0.717, 1.165) is 30.5 Å². The molecule has 2 heterocycles. The Labute approximate surface area is 155 Å². The van der Waals surface area contributed by atoms with Gasteiger partial charge in [-0.2, -0.15) is 0 Å². The Bertz CT molecular complexity index is 768. The molecule has 26 heavy (non-hydrogen) atoms. The van der Waals surface area contributed by atoms with E-state index >= 15 is 0 Å². The standard InChI is InChI=1S/C16H29N7O2S/c1-11(2)21-26(24,25)14-7-8-23(10-14)16(18-13-5-6-13)17-9-15-20-19-12(3)22(15)4/h11,13-14,21H,5-10H2,1-4H3,(H,17,18). The summed E-state index contributed by atoms with van der Waals surface area (Å²) >= 11 is 0. The minimum Gasteiger partial charge on any atom is -0.353 e. The van der Waals surface area contributed by atoms with Crippen molar-refractivity contribution in [3.05, 3.63) is 11.6 Å². The van der Waals surface area contributed by atoms with Gasteiger partial charge < -0.3 is 14.8 Å². The Kier molecular flexibility index (Phi) is 5.52. The highest BCUT2D eigenvalue weighted by atomic mass is 32.2. The molecule has 1 unspecified atom stereocenters. The molecule has 0 spiro atoms. The quantitative estimate of drug-likeness (QED) is 0.535. The number of hydrogen-bond acceptors (Lipinski definition) is 5. The van der Waals surface area contributed by atoms with Crippen LogP contribution in [0.3, 0.4) is 0 Å². The molecule has 1 saturated heterocycles. The van der Waals surface area contributed by atoms with Gasteiger partial charge in [0.1, 0.15) is 12.4 Å². The molecule has 10 heteroatoms. The van der Waals surface area contributed by atoms with Crippen LogP contribution in [0, 0.1) is 6.92 Å². The lowest BCUT2D eigenvalue weighted by Gasteiger charge is -2.22. The molecule has 0 aromatic carbocycles. The highest BCUT2D eigenvalue weighted by Gasteiger charge is 2.36. The van der Waals surface area contributed by atoms with E-state index < -0.39 is 15.3 Å². The first-order valence-electron chi connectivity index (χ1n) is 9.18. The van der Waals surface area contributed by atoms with Crippen LogP contribution in [-0.2, 0) is 23.6 Å². The lowest BCUT2D eigenvalue weighted by Crippen LogP contribution is -2.44. The molecule has 0 amide bonds. The van der Waals surface area contributed by atoms with Crippen molar-refractivity contribution in [2.24, 2.45) is 12.0 Å². The molecular formula is C16H29N7O2S. The van der Waals surface area contributed by atoms with E-state index in [0.29, 0.717) is 32.1 Å². The van der Waals surface area contributed by atoms with Gasteiger partial charge in [0.15, 0.2) is 11.8 Å². The van der Waals surface area contributed by atoms with Crippen LogP contribution < -0.4 is 10.0 Å². The summed E-state index contributed by atoms with van der Waals surface area (Å²) in [7, 11) is -1.39. The SMILES string of the molecule is Cc1nnc(CN=C(NC2CC2)N2CCC(S(=O)(=O)NC(C)C)C2)n1C. The summed E-state index contributed by atoms with van der Waals surface area (Å²) in [5.41, 5.74) is 0. The zero-order valence-corrected chi connectivity index (χ0v) is 16.8. The Hall–Kier alpha value is -1.68. The number of nitrogens with one attached hydrogen (secondary N) is 2. The molecule has 1 aromatic heterocycles. The number of aliphatic imine (C=N–C) groups is 1. The first kappa shape index (κ1) is 19.1. The minimum absolute atomic E-state index is 0.0917. The normalized spacial score (nSPS) is 21.7. The lowest BCUT2D eigenvalue weighted by molar-refractivity contribution is 0.486. The third-order valence-electron chi connectivity index (χ3n) is 4.75. The van der Waals surface area contributed by atoms with Crippen LogP contribution in [0.5, 0.6) is 0 Å². The number of guanidine groups is 1. The Balaban J connectivity index is 1.70. The predicted molar refractivity (Wildman–Crippen MR) is 100 cm³/mol. The summed E-state index contributed by atoms with van der Waals surface area (Å²) in [4.78, 5) is 6.75. The third-order valence-corrected chi connectivity index (χ3v) is 6.81. The average molecular weight is 384 g/mol. The topological polar surface area (TPSA) is 105 Å². The second-order valence-electron chi connectivity index (χ2n) is 7.46. The van der Waals surface area contributed by atoms with E-state index in [-0.39, 0.29) is 6.04 Å². The van der Waals surface area contributed by atoms with Gasteiger partial charge in [-0.05, 0) is 40.0 Å². The maximum absolute atomic E-state index is 12.5. The molecule has 1 atom stereocenters. The van der Waals surface area contributed by atoms with E-state index in [2.05, 4.69) is 20.2 Å². The van der Waals surface area contributed by atoms with E-state index in [9.17, 15) is 8.42 Å². The zero-order valence-electron chi connectivity index (χ0n) is 15.9. The molecule has 1 saturated carbocycles. The summed E-state index contributed by atoms with van der Waals surface area (Å²) in [6, 6.07) is 0.352. The van der Waals surface area contributed by atoms with Crippen molar-refractivity contribution >= 4 is 16.0 Å². The number of likely N-dealkylation sites (tertiary alicyclic amines) is 1. The smallest absolute Gasteiger partial charge is 0.216 e. The van der Waals surface area contributed by atoms with E-state index in [1.165, 1.54) is 0 Å². The average Bonchev–Trinajstić information content (AvgIpc) is 3.12. The van der Waals surface area contributed by atoms with Gasteiger partial charge in [-0.15, -0.1) is 10.2 Å². The highest BCUT2D eigenvalue weighted by Crippen LogP contribution is 2.22. The summed E-state index contributed by atoms with van der Waals surface area (Å²) in [5, 5.41) is 11.2. The van der Waals surface area contributed by atoms with E-state index in [1.807, 2.05) is 37.3 Å². The number of aromatic nitrogens is 3. The van der Waals surface area contributed by atoms with Crippen LogP contribution in [0.15, 0.2) is 4.99 Å². The number of rotatable bonds is 6. The van der Waals surface area contributed by atoms with Crippen molar-refractivity contribution in [1.82, 2.24) is 29.7 Å². The minimum atomic E-state index is -3.31. The highest BCUT2D eigenvalue weighted by molar-refractivity contribution is 7.90. The second-order valence-corrected chi connectivity index (χ2v) is 9.45. The van der Waals surface area contributed by atoms with Gasteiger partial charge in [0.05, 0.1) is 5.25 Å². The maximum atomic E-state index is 12.5. The Morgan fingerprint density at radius 1 is 1.31 bits per heavy atom. The number of hydrogen-bond donors (Lipinski definition) is 2. The van der Waals surface area contributed by atoms with Crippen molar-refractivity contribution in [2.45, 2.75) is 63.9 Å². The van der Waals surface area contributed by atoms with Gasteiger partial charge in [0, 0.05) is 32.2 Å². The Morgan fingerprint density at radius 3 is 2.62 bits per heavy atom. The molecule has 0 bridgehead atoms. The fourth-order valence-corrected chi connectivity index (χ4v) is 4.62. The molecule has 2 aliphatic rings. The number of sulfonamides is 1. The molecule has 1 aromatic rings. The molecule has 1 aliphatic carbocycles. The molecule has 9 nitrogen and oxygen atoms in total. The largest absolute Gasteiger partial charge is 0.353 e.